The smallest absolute Gasteiger partial charge is 0.187 e. The molecule has 136 valence electrons. The van der Waals surface area contributed by atoms with Gasteiger partial charge in [0.1, 0.15) is 5.75 Å². The Labute approximate surface area is 155 Å². The number of halogens is 2. The molecule has 0 saturated heterocycles. The van der Waals surface area contributed by atoms with Gasteiger partial charge in [0.15, 0.2) is 17.4 Å². The second-order valence-corrected chi connectivity index (χ2v) is 6.35. The average molecular weight is 365 g/mol. The van der Waals surface area contributed by atoms with Crippen LogP contribution in [0.2, 0.25) is 0 Å². The van der Waals surface area contributed by atoms with Crippen LogP contribution in [0, 0.1) is 11.6 Å². The van der Waals surface area contributed by atoms with Crippen molar-refractivity contribution >= 4 is 10.9 Å². The summed E-state index contributed by atoms with van der Waals surface area (Å²) in [4.78, 5) is 0. The van der Waals surface area contributed by atoms with Crippen LogP contribution < -0.4 is 4.74 Å². The Kier molecular flexibility index (Phi) is 4.28. The van der Waals surface area contributed by atoms with Gasteiger partial charge in [0, 0.05) is 18.3 Å². The van der Waals surface area contributed by atoms with E-state index in [0.717, 1.165) is 34.3 Å². The number of rotatable bonds is 4. The molecule has 0 saturated carbocycles. The second kappa shape index (κ2) is 6.76. The van der Waals surface area contributed by atoms with E-state index in [4.69, 9.17) is 4.74 Å². The SMILES string of the molecule is COc1ccc(Cn2ccc3ccc(-c4cc(F)c(O)c(F)c4)cc32)cc1. The first-order valence-electron chi connectivity index (χ1n) is 8.45. The molecule has 3 nitrogen and oxygen atoms in total. The van der Waals surface area contributed by atoms with Crippen molar-refractivity contribution in [3.63, 3.8) is 0 Å². The molecule has 1 heterocycles. The highest BCUT2D eigenvalue weighted by atomic mass is 19.1. The fraction of sp³-hybridized carbons (Fsp3) is 0.0909. The monoisotopic (exact) mass is 365 g/mol. The molecular weight excluding hydrogens is 348 g/mol. The summed E-state index contributed by atoms with van der Waals surface area (Å²) < 4.78 is 34.7. The highest BCUT2D eigenvalue weighted by Gasteiger charge is 2.12. The molecule has 0 unspecified atom stereocenters. The molecule has 0 aliphatic rings. The van der Waals surface area contributed by atoms with E-state index < -0.39 is 17.4 Å². The number of hydrogen-bond acceptors (Lipinski definition) is 2. The normalized spacial score (nSPS) is 11.1. The van der Waals surface area contributed by atoms with Gasteiger partial charge in [-0.3, -0.25) is 0 Å². The molecule has 0 bridgehead atoms. The lowest BCUT2D eigenvalue weighted by atomic mass is 10.0. The van der Waals surface area contributed by atoms with Crippen molar-refractivity contribution in [2.75, 3.05) is 7.11 Å². The lowest BCUT2D eigenvalue weighted by molar-refractivity contribution is 0.396. The molecule has 27 heavy (non-hydrogen) atoms. The number of ether oxygens (including phenoxy) is 1. The Hall–Kier alpha value is -3.34. The summed E-state index contributed by atoms with van der Waals surface area (Å²) in [5, 5.41) is 10.3. The third-order valence-corrected chi connectivity index (χ3v) is 4.64. The zero-order valence-corrected chi connectivity index (χ0v) is 14.6. The van der Waals surface area contributed by atoms with Crippen LogP contribution in [-0.4, -0.2) is 16.8 Å². The van der Waals surface area contributed by atoms with E-state index >= 15 is 0 Å². The zero-order chi connectivity index (χ0) is 19.0. The van der Waals surface area contributed by atoms with E-state index in [1.54, 1.807) is 7.11 Å². The van der Waals surface area contributed by atoms with Gasteiger partial charge in [0.05, 0.1) is 7.11 Å². The standard InChI is InChI=1S/C22H17F2NO2/c1-27-18-6-2-14(3-7-18)13-25-9-8-15-4-5-16(12-21(15)25)17-10-19(23)22(26)20(24)11-17/h2-12,26H,13H2,1H3. The van der Waals surface area contributed by atoms with E-state index in [-0.39, 0.29) is 0 Å². The fourth-order valence-electron chi connectivity index (χ4n) is 3.16. The van der Waals surface area contributed by atoms with Crippen LogP contribution in [0.25, 0.3) is 22.0 Å². The quantitative estimate of drug-likeness (QED) is 0.529. The highest BCUT2D eigenvalue weighted by molar-refractivity contribution is 5.85. The van der Waals surface area contributed by atoms with Crippen LogP contribution in [0.4, 0.5) is 8.78 Å². The molecule has 0 aliphatic heterocycles. The van der Waals surface area contributed by atoms with Gasteiger partial charge in [-0.25, -0.2) is 8.78 Å². The van der Waals surface area contributed by atoms with E-state index in [2.05, 4.69) is 4.57 Å². The molecule has 0 atom stereocenters. The van der Waals surface area contributed by atoms with Crippen molar-refractivity contribution in [3.05, 3.63) is 84.1 Å². The third-order valence-electron chi connectivity index (χ3n) is 4.64. The molecule has 4 rings (SSSR count). The molecule has 0 amide bonds. The van der Waals surface area contributed by atoms with Gasteiger partial charge in [-0.15, -0.1) is 0 Å². The summed E-state index contributed by atoms with van der Waals surface area (Å²) >= 11 is 0. The van der Waals surface area contributed by atoms with Crippen molar-refractivity contribution in [1.29, 1.82) is 0 Å². The predicted molar refractivity (Wildman–Crippen MR) is 101 cm³/mol. The Morgan fingerprint density at radius 2 is 1.59 bits per heavy atom. The Morgan fingerprint density at radius 3 is 2.26 bits per heavy atom. The minimum Gasteiger partial charge on any atom is -0.503 e. The van der Waals surface area contributed by atoms with Crippen LogP contribution in [0.15, 0.2) is 66.9 Å². The van der Waals surface area contributed by atoms with E-state index in [1.165, 1.54) is 0 Å². The second-order valence-electron chi connectivity index (χ2n) is 6.35. The molecule has 0 spiro atoms. The minimum absolute atomic E-state index is 0.377. The summed E-state index contributed by atoms with van der Waals surface area (Å²) in [6.07, 6.45) is 1.98. The molecule has 0 aliphatic carbocycles. The van der Waals surface area contributed by atoms with Crippen molar-refractivity contribution < 1.29 is 18.6 Å². The summed E-state index contributed by atoms with van der Waals surface area (Å²) in [6, 6.07) is 17.7. The number of methoxy groups -OCH3 is 1. The summed E-state index contributed by atoms with van der Waals surface area (Å²) in [5.74, 6) is -2.10. The maximum absolute atomic E-state index is 13.7. The van der Waals surface area contributed by atoms with Crippen LogP contribution in [0.5, 0.6) is 11.5 Å². The van der Waals surface area contributed by atoms with Gasteiger partial charge in [-0.2, -0.15) is 0 Å². The topological polar surface area (TPSA) is 34.4 Å². The average Bonchev–Trinajstić information content (AvgIpc) is 3.08. The van der Waals surface area contributed by atoms with Gasteiger partial charge in [0.25, 0.3) is 0 Å². The largest absolute Gasteiger partial charge is 0.503 e. The van der Waals surface area contributed by atoms with Gasteiger partial charge in [0.2, 0.25) is 0 Å². The fourth-order valence-corrected chi connectivity index (χ4v) is 3.16. The molecule has 5 heteroatoms. The Morgan fingerprint density at radius 1 is 0.889 bits per heavy atom. The lowest BCUT2D eigenvalue weighted by Gasteiger charge is -2.09. The van der Waals surface area contributed by atoms with Crippen LogP contribution in [0.1, 0.15) is 5.56 Å². The van der Waals surface area contributed by atoms with Crippen molar-refractivity contribution in [2.45, 2.75) is 6.54 Å². The van der Waals surface area contributed by atoms with Gasteiger partial charge in [-0.05, 0) is 58.5 Å². The highest BCUT2D eigenvalue weighted by Crippen LogP contribution is 2.30. The van der Waals surface area contributed by atoms with E-state index in [0.29, 0.717) is 17.7 Å². The Balaban J connectivity index is 1.72. The van der Waals surface area contributed by atoms with E-state index in [9.17, 15) is 13.9 Å². The van der Waals surface area contributed by atoms with Gasteiger partial charge < -0.3 is 14.4 Å². The van der Waals surface area contributed by atoms with Crippen molar-refractivity contribution in [1.82, 2.24) is 4.57 Å². The summed E-state index contributed by atoms with van der Waals surface area (Å²) in [5.41, 5.74) is 3.12. The summed E-state index contributed by atoms with van der Waals surface area (Å²) in [7, 11) is 1.63. The molecule has 1 N–H and O–H groups in total. The first kappa shape index (κ1) is 17.1. The number of fused-ring (bicyclic) bond motifs is 1. The van der Waals surface area contributed by atoms with Crippen LogP contribution in [0.3, 0.4) is 0 Å². The van der Waals surface area contributed by atoms with Crippen molar-refractivity contribution in [3.8, 4) is 22.6 Å². The number of aromatic nitrogens is 1. The summed E-state index contributed by atoms with van der Waals surface area (Å²) in [6.45, 7) is 0.662. The van der Waals surface area contributed by atoms with E-state index in [1.807, 2.05) is 54.7 Å². The number of hydrogen-bond donors (Lipinski definition) is 1. The Bertz CT molecular complexity index is 1090. The third kappa shape index (κ3) is 3.24. The molecular formula is C22H17F2NO2. The lowest BCUT2D eigenvalue weighted by Crippen LogP contribution is -1.98. The molecule has 4 aromatic rings. The van der Waals surface area contributed by atoms with Gasteiger partial charge >= 0.3 is 0 Å². The molecule has 3 aromatic carbocycles. The predicted octanol–water partition coefficient (Wildman–Crippen LogP) is 5.35. The van der Waals surface area contributed by atoms with Gasteiger partial charge in [-0.1, -0.05) is 24.3 Å². The van der Waals surface area contributed by atoms with Crippen molar-refractivity contribution in [2.24, 2.45) is 0 Å². The first-order valence-corrected chi connectivity index (χ1v) is 8.45. The maximum Gasteiger partial charge on any atom is 0.187 e. The zero-order valence-electron chi connectivity index (χ0n) is 14.6. The maximum atomic E-state index is 13.7. The first-order chi connectivity index (χ1) is 13.0. The number of nitrogens with zero attached hydrogens (tertiary/aromatic N) is 1. The van der Waals surface area contributed by atoms with Crippen LogP contribution in [-0.2, 0) is 6.54 Å². The minimum atomic E-state index is -0.973. The van der Waals surface area contributed by atoms with Crippen LogP contribution >= 0.6 is 0 Å². The number of aromatic hydroxyl groups is 1. The number of phenols is 1. The molecule has 0 radical (unpaired) electrons. The number of phenolic OH excluding ortho intramolecular Hbond substituents is 1. The number of benzene rings is 3. The molecule has 0 fully saturated rings. The molecule has 1 aromatic heterocycles.